The number of cyclic esters (lactones) is 1. The highest BCUT2D eigenvalue weighted by Gasteiger charge is 2.43. The van der Waals surface area contributed by atoms with Crippen LogP contribution < -0.4 is 11.1 Å². The van der Waals surface area contributed by atoms with Gasteiger partial charge in [-0.15, -0.1) is 11.3 Å². The second-order valence-electron chi connectivity index (χ2n) is 7.54. The number of rotatable bonds is 3. The third-order valence-corrected chi connectivity index (χ3v) is 6.67. The predicted molar refractivity (Wildman–Crippen MR) is 107 cm³/mol. The number of thiophene rings is 1. The molecule has 0 saturated heterocycles. The quantitative estimate of drug-likeness (QED) is 0.612. The monoisotopic (exact) mass is 398 g/mol. The van der Waals surface area contributed by atoms with Gasteiger partial charge in [-0.2, -0.15) is 0 Å². The van der Waals surface area contributed by atoms with Gasteiger partial charge in [0, 0.05) is 11.3 Å². The maximum Gasteiger partial charge on any atom is 0.339 e. The number of amides is 2. The van der Waals surface area contributed by atoms with E-state index in [9.17, 15) is 14.4 Å². The zero-order valence-corrected chi connectivity index (χ0v) is 16.5. The number of carbonyl (C=O) groups is 3. The summed E-state index contributed by atoms with van der Waals surface area (Å²) in [6, 6.07) is 7.11. The Hall–Kier alpha value is -2.67. The van der Waals surface area contributed by atoms with E-state index in [1.165, 1.54) is 11.3 Å². The van der Waals surface area contributed by atoms with Gasteiger partial charge < -0.3 is 15.8 Å². The third-order valence-electron chi connectivity index (χ3n) is 5.46. The van der Waals surface area contributed by atoms with Gasteiger partial charge in [-0.05, 0) is 49.8 Å². The third kappa shape index (κ3) is 3.20. The summed E-state index contributed by atoms with van der Waals surface area (Å²) in [7, 11) is 0. The fraction of sp³-hybridized carbons (Fsp3) is 0.381. The Bertz CT molecular complexity index is 981. The van der Waals surface area contributed by atoms with Crippen LogP contribution in [-0.2, 0) is 28.8 Å². The second-order valence-corrected chi connectivity index (χ2v) is 8.65. The summed E-state index contributed by atoms with van der Waals surface area (Å²) >= 11 is 1.41. The number of primary amides is 1. The van der Waals surface area contributed by atoms with E-state index in [4.69, 9.17) is 10.5 Å². The lowest BCUT2D eigenvalue weighted by atomic mass is 9.89. The molecular weight excluding hydrogens is 376 g/mol. The van der Waals surface area contributed by atoms with Crippen molar-refractivity contribution in [1.82, 2.24) is 0 Å². The fourth-order valence-electron chi connectivity index (χ4n) is 3.99. The Morgan fingerprint density at radius 1 is 1.18 bits per heavy atom. The molecule has 2 amide bonds. The van der Waals surface area contributed by atoms with Crippen LogP contribution in [0.2, 0.25) is 0 Å². The van der Waals surface area contributed by atoms with E-state index < -0.39 is 23.4 Å². The highest BCUT2D eigenvalue weighted by molar-refractivity contribution is 7.17. The molecular formula is C21H22N2O4S. The summed E-state index contributed by atoms with van der Waals surface area (Å²) in [4.78, 5) is 38.6. The number of esters is 1. The molecule has 7 heteroatoms. The van der Waals surface area contributed by atoms with Gasteiger partial charge in [-0.3, -0.25) is 9.59 Å². The molecule has 0 bridgehead atoms. The fourth-order valence-corrected chi connectivity index (χ4v) is 5.28. The Morgan fingerprint density at radius 2 is 1.93 bits per heavy atom. The van der Waals surface area contributed by atoms with E-state index in [1.54, 1.807) is 19.1 Å². The smallest absolute Gasteiger partial charge is 0.339 e. The van der Waals surface area contributed by atoms with Crippen LogP contribution in [0.1, 0.15) is 62.9 Å². The van der Waals surface area contributed by atoms with Crippen molar-refractivity contribution >= 4 is 34.1 Å². The maximum absolute atomic E-state index is 13.1. The van der Waals surface area contributed by atoms with Crippen molar-refractivity contribution in [2.75, 3.05) is 5.32 Å². The van der Waals surface area contributed by atoms with Crippen molar-refractivity contribution in [3.05, 3.63) is 51.4 Å². The first kappa shape index (κ1) is 18.7. The number of fused-ring (bicyclic) bond motifs is 2. The standard InChI is InChI=1S/C21H22N2O4S/c1-21(11-12-7-5-6-8-13(12)19(25)27-21)20(26)23-18-16(17(22)24)14-9-3-2-4-10-15(14)28-18/h5-8H,2-4,9-11H2,1H3,(H2,22,24)(H,23,26). The molecule has 2 heterocycles. The van der Waals surface area contributed by atoms with E-state index in [-0.39, 0.29) is 6.42 Å². The molecule has 28 heavy (non-hydrogen) atoms. The lowest BCUT2D eigenvalue weighted by Crippen LogP contribution is -2.49. The van der Waals surface area contributed by atoms with Gasteiger partial charge in [0.2, 0.25) is 0 Å². The molecule has 6 nitrogen and oxygen atoms in total. The molecule has 0 fully saturated rings. The summed E-state index contributed by atoms with van der Waals surface area (Å²) in [5.41, 5.74) is 6.91. The molecule has 2 aliphatic rings. The highest BCUT2D eigenvalue weighted by Crippen LogP contribution is 2.38. The minimum absolute atomic E-state index is 0.276. The normalized spacial score (nSPS) is 21.1. The molecule has 0 spiro atoms. The number of nitrogens with one attached hydrogen (secondary N) is 1. The van der Waals surface area contributed by atoms with E-state index in [0.29, 0.717) is 16.1 Å². The van der Waals surface area contributed by atoms with Gasteiger partial charge in [-0.25, -0.2) is 4.79 Å². The number of nitrogens with two attached hydrogens (primary N) is 1. The van der Waals surface area contributed by atoms with Gasteiger partial charge in [0.15, 0.2) is 5.60 Å². The van der Waals surface area contributed by atoms with Crippen molar-refractivity contribution in [1.29, 1.82) is 0 Å². The number of hydrogen-bond donors (Lipinski definition) is 2. The van der Waals surface area contributed by atoms with E-state index in [1.807, 2.05) is 12.1 Å². The zero-order valence-electron chi connectivity index (χ0n) is 15.7. The summed E-state index contributed by atoms with van der Waals surface area (Å²) in [6.45, 7) is 1.60. The SMILES string of the molecule is CC1(C(=O)Nc2sc3c(c2C(N)=O)CCCCC3)Cc2ccccc2C(=O)O1. The Labute approximate surface area is 167 Å². The van der Waals surface area contributed by atoms with Crippen LogP contribution in [0.15, 0.2) is 24.3 Å². The first-order valence-electron chi connectivity index (χ1n) is 9.46. The lowest BCUT2D eigenvalue weighted by molar-refractivity contribution is -0.134. The van der Waals surface area contributed by atoms with Gasteiger partial charge in [-0.1, -0.05) is 24.6 Å². The number of benzene rings is 1. The van der Waals surface area contributed by atoms with Crippen molar-refractivity contribution in [2.24, 2.45) is 5.73 Å². The van der Waals surface area contributed by atoms with Crippen LogP contribution in [0.5, 0.6) is 0 Å². The minimum Gasteiger partial charge on any atom is -0.445 e. The van der Waals surface area contributed by atoms with E-state index in [2.05, 4.69) is 5.32 Å². The Balaban J connectivity index is 1.64. The van der Waals surface area contributed by atoms with Gasteiger partial charge in [0.05, 0.1) is 11.1 Å². The number of aryl methyl sites for hydroxylation is 1. The summed E-state index contributed by atoms with van der Waals surface area (Å²) in [6.07, 6.45) is 5.14. The molecule has 1 atom stereocenters. The zero-order chi connectivity index (χ0) is 19.9. The summed E-state index contributed by atoms with van der Waals surface area (Å²) in [5.74, 6) is -1.50. The van der Waals surface area contributed by atoms with Crippen molar-refractivity contribution < 1.29 is 19.1 Å². The average Bonchev–Trinajstić information content (AvgIpc) is 2.83. The van der Waals surface area contributed by atoms with Crippen molar-refractivity contribution in [3.63, 3.8) is 0 Å². The van der Waals surface area contributed by atoms with Crippen LogP contribution in [0.25, 0.3) is 0 Å². The summed E-state index contributed by atoms with van der Waals surface area (Å²) < 4.78 is 5.49. The molecule has 146 valence electrons. The molecule has 4 rings (SSSR count). The minimum atomic E-state index is -1.35. The summed E-state index contributed by atoms with van der Waals surface area (Å²) in [5, 5.41) is 3.29. The van der Waals surface area contributed by atoms with Crippen LogP contribution in [0, 0.1) is 0 Å². The second kappa shape index (κ2) is 7.05. The Morgan fingerprint density at radius 3 is 2.71 bits per heavy atom. The first-order valence-corrected chi connectivity index (χ1v) is 10.3. The predicted octanol–water partition coefficient (Wildman–Crippen LogP) is 3.23. The number of carbonyl (C=O) groups excluding carboxylic acids is 3. The molecule has 0 saturated carbocycles. The number of anilines is 1. The van der Waals surface area contributed by atoms with Crippen LogP contribution in [0.4, 0.5) is 5.00 Å². The van der Waals surface area contributed by atoms with Gasteiger partial charge in [0.1, 0.15) is 5.00 Å². The highest BCUT2D eigenvalue weighted by atomic mass is 32.1. The maximum atomic E-state index is 13.1. The van der Waals surface area contributed by atoms with Crippen LogP contribution >= 0.6 is 11.3 Å². The van der Waals surface area contributed by atoms with Gasteiger partial charge >= 0.3 is 5.97 Å². The number of ether oxygens (including phenoxy) is 1. The van der Waals surface area contributed by atoms with Gasteiger partial charge in [0.25, 0.3) is 11.8 Å². The number of hydrogen-bond acceptors (Lipinski definition) is 5. The van der Waals surface area contributed by atoms with Crippen molar-refractivity contribution in [3.8, 4) is 0 Å². The van der Waals surface area contributed by atoms with Crippen molar-refractivity contribution in [2.45, 2.75) is 51.0 Å². The molecule has 3 N–H and O–H groups in total. The first-order chi connectivity index (χ1) is 13.4. The van der Waals surface area contributed by atoms with Crippen LogP contribution in [-0.4, -0.2) is 23.4 Å². The Kier molecular flexibility index (Phi) is 4.71. The molecule has 1 aliphatic carbocycles. The molecule has 2 aromatic rings. The van der Waals surface area contributed by atoms with E-state index in [0.717, 1.165) is 48.1 Å². The van der Waals surface area contributed by atoms with Crippen LogP contribution in [0.3, 0.4) is 0 Å². The molecule has 1 aliphatic heterocycles. The largest absolute Gasteiger partial charge is 0.445 e. The average molecular weight is 398 g/mol. The molecule has 1 aromatic heterocycles. The molecule has 1 unspecified atom stereocenters. The molecule has 1 aromatic carbocycles. The topological polar surface area (TPSA) is 98.5 Å². The lowest BCUT2D eigenvalue weighted by Gasteiger charge is -2.32. The molecule has 0 radical (unpaired) electrons. The van der Waals surface area contributed by atoms with E-state index >= 15 is 0 Å².